The van der Waals surface area contributed by atoms with Crippen LogP contribution in [-0.4, -0.2) is 29.8 Å². The van der Waals surface area contributed by atoms with Gasteiger partial charge < -0.3 is 17.2 Å². The van der Waals surface area contributed by atoms with Gasteiger partial charge in [0.15, 0.2) is 0 Å². The molecule has 0 aliphatic rings. The van der Waals surface area contributed by atoms with Crippen molar-refractivity contribution in [3.8, 4) is 0 Å². The van der Waals surface area contributed by atoms with Crippen LogP contribution >= 0.6 is 11.6 Å². The molecule has 0 spiro atoms. The van der Waals surface area contributed by atoms with Crippen molar-refractivity contribution in [2.45, 2.75) is 13.1 Å². The third-order valence-corrected chi connectivity index (χ3v) is 2.86. The van der Waals surface area contributed by atoms with Gasteiger partial charge in [0.2, 0.25) is 11.8 Å². The molecule has 6 N–H and O–H groups in total. The SMILES string of the molecule is NCc1ccc(CN(CC(N)=O)CC(N)=O)c(Cl)c1. The van der Waals surface area contributed by atoms with Gasteiger partial charge in [-0.05, 0) is 17.2 Å². The van der Waals surface area contributed by atoms with Crippen LogP contribution in [0, 0.1) is 0 Å². The molecule has 19 heavy (non-hydrogen) atoms. The number of halogens is 1. The molecule has 0 aliphatic heterocycles. The number of nitrogens with two attached hydrogens (primary N) is 3. The zero-order valence-corrected chi connectivity index (χ0v) is 11.2. The molecule has 0 fully saturated rings. The molecule has 6 nitrogen and oxygen atoms in total. The first kappa shape index (κ1) is 15.4. The molecule has 1 rings (SSSR count). The number of amides is 2. The average molecular weight is 285 g/mol. The second-order valence-electron chi connectivity index (χ2n) is 4.21. The fourth-order valence-corrected chi connectivity index (χ4v) is 1.96. The van der Waals surface area contributed by atoms with E-state index in [2.05, 4.69) is 0 Å². The Hall–Kier alpha value is -1.63. The maximum atomic E-state index is 10.9. The molecule has 0 radical (unpaired) electrons. The first-order valence-corrected chi connectivity index (χ1v) is 6.06. The van der Waals surface area contributed by atoms with Crippen LogP contribution in [-0.2, 0) is 22.7 Å². The quantitative estimate of drug-likeness (QED) is 0.630. The summed E-state index contributed by atoms with van der Waals surface area (Å²) >= 11 is 6.11. The van der Waals surface area contributed by atoms with E-state index in [0.717, 1.165) is 11.1 Å². The number of rotatable bonds is 7. The second kappa shape index (κ2) is 7.08. The third kappa shape index (κ3) is 5.25. The zero-order chi connectivity index (χ0) is 14.4. The van der Waals surface area contributed by atoms with Crippen molar-refractivity contribution in [3.05, 3.63) is 34.3 Å². The van der Waals surface area contributed by atoms with E-state index >= 15 is 0 Å². The molecule has 0 unspecified atom stereocenters. The Morgan fingerprint density at radius 3 is 2.16 bits per heavy atom. The smallest absolute Gasteiger partial charge is 0.231 e. The lowest BCUT2D eigenvalue weighted by molar-refractivity contribution is -0.122. The Morgan fingerprint density at radius 1 is 1.16 bits per heavy atom. The van der Waals surface area contributed by atoms with Gasteiger partial charge in [-0.3, -0.25) is 14.5 Å². The van der Waals surface area contributed by atoms with E-state index in [1.807, 2.05) is 6.07 Å². The summed E-state index contributed by atoms with van der Waals surface area (Å²) in [6.45, 7) is 0.595. The predicted molar refractivity (Wildman–Crippen MR) is 73.0 cm³/mol. The molecule has 0 saturated heterocycles. The summed E-state index contributed by atoms with van der Waals surface area (Å²) in [5.41, 5.74) is 17.4. The monoisotopic (exact) mass is 284 g/mol. The Bertz CT molecular complexity index is 463. The van der Waals surface area contributed by atoms with Crippen LogP contribution < -0.4 is 17.2 Å². The van der Waals surface area contributed by atoms with Gasteiger partial charge in [-0.15, -0.1) is 0 Å². The molecule has 0 saturated carbocycles. The molecular weight excluding hydrogens is 268 g/mol. The minimum absolute atomic E-state index is 0.0576. The molecule has 0 aromatic heterocycles. The molecule has 7 heteroatoms. The van der Waals surface area contributed by atoms with Crippen molar-refractivity contribution in [3.63, 3.8) is 0 Å². The fraction of sp³-hybridized carbons (Fsp3) is 0.333. The van der Waals surface area contributed by atoms with Gasteiger partial charge in [0.25, 0.3) is 0 Å². The standard InChI is InChI=1S/C12H17ClN4O2/c13-10-3-8(4-14)1-2-9(10)5-17(6-11(15)18)7-12(16)19/h1-3H,4-7,14H2,(H2,15,18)(H2,16,19). The van der Waals surface area contributed by atoms with E-state index in [-0.39, 0.29) is 13.1 Å². The van der Waals surface area contributed by atoms with Gasteiger partial charge >= 0.3 is 0 Å². The van der Waals surface area contributed by atoms with Crippen molar-refractivity contribution >= 4 is 23.4 Å². The van der Waals surface area contributed by atoms with Crippen LogP contribution in [0.4, 0.5) is 0 Å². The predicted octanol–water partition coefficient (Wildman–Crippen LogP) is -0.429. The molecule has 1 aromatic rings. The lowest BCUT2D eigenvalue weighted by atomic mass is 10.1. The van der Waals surface area contributed by atoms with E-state index in [0.29, 0.717) is 18.1 Å². The third-order valence-electron chi connectivity index (χ3n) is 2.51. The second-order valence-corrected chi connectivity index (χ2v) is 4.61. The molecule has 0 bridgehead atoms. The van der Waals surface area contributed by atoms with Crippen molar-refractivity contribution in [1.82, 2.24) is 4.90 Å². The number of primary amides is 2. The molecule has 0 aliphatic carbocycles. The van der Waals surface area contributed by atoms with Gasteiger partial charge in [0.05, 0.1) is 13.1 Å². The summed E-state index contributed by atoms with van der Waals surface area (Å²) in [6, 6.07) is 5.40. The molecule has 1 aromatic carbocycles. The van der Waals surface area contributed by atoms with Gasteiger partial charge in [-0.2, -0.15) is 0 Å². The fourth-order valence-electron chi connectivity index (χ4n) is 1.70. The summed E-state index contributed by atoms with van der Waals surface area (Å²) in [7, 11) is 0. The van der Waals surface area contributed by atoms with E-state index in [1.54, 1.807) is 12.1 Å². The van der Waals surface area contributed by atoms with Crippen LogP contribution in [0.3, 0.4) is 0 Å². The Labute approximate surface area is 116 Å². The molecule has 104 valence electrons. The highest BCUT2D eigenvalue weighted by Crippen LogP contribution is 2.19. The summed E-state index contributed by atoms with van der Waals surface area (Å²) < 4.78 is 0. The van der Waals surface area contributed by atoms with Gasteiger partial charge in [0, 0.05) is 18.1 Å². The summed E-state index contributed by atoms with van der Waals surface area (Å²) in [5.74, 6) is -1.06. The Morgan fingerprint density at radius 2 is 1.74 bits per heavy atom. The number of hydrogen-bond donors (Lipinski definition) is 3. The maximum Gasteiger partial charge on any atom is 0.231 e. The van der Waals surface area contributed by atoms with Crippen molar-refractivity contribution in [2.75, 3.05) is 13.1 Å². The highest BCUT2D eigenvalue weighted by atomic mass is 35.5. The first-order valence-electron chi connectivity index (χ1n) is 5.68. The van der Waals surface area contributed by atoms with Gasteiger partial charge in [0.1, 0.15) is 0 Å². The van der Waals surface area contributed by atoms with E-state index < -0.39 is 11.8 Å². The van der Waals surface area contributed by atoms with Crippen molar-refractivity contribution < 1.29 is 9.59 Å². The maximum absolute atomic E-state index is 10.9. The molecule has 0 atom stereocenters. The number of nitrogens with zero attached hydrogens (tertiary/aromatic N) is 1. The van der Waals surface area contributed by atoms with E-state index in [9.17, 15) is 9.59 Å². The summed E-state index contributed by atoms with van der Waals surface area (Å²) in [6.07, 6.45) is 0. The van der Waals surface area contributed by atoms with Crippen LogP contribution in [0.15, 0.2) is 18.2 Å². The first-order chi connectivity index (χ1) is 8.92. The van der Waals surface area contributed by atoms with Crippen LogP contribution in [0.5, 0.6) is 0 Å². The average Bonchev–Trinajstić information content (AvgIpc) is 2.30. The minimum atomic E-state index is -0.532. The molecule has 0 heterocycles. The highest BCUT2D eigenvalue weighted by molar-refractivity contribution is 6.31. The van der Waals surface area contributed by atoms with Crippen LogP contribution in [0.25, 0.3) is 0 Å². The van der Waals surface area contributed by atoms with Gasteiger partial charge in [-0.1, -0.05) is 23.7 Å². The van der Waals surface area contributed by atoms with Crippen LogP contribution in [0.1, 0.15) is 11.1 Å². The number of carbonyl (C=O) groups is 2. The summed E-state index contributed by atoms with van der Waals surface area (Å²) in [5, 5.41) is 0.530. The Balaban J connectivity index is 2.83. The lowest BCUT2D eigenvalue weighted by Crippen LogP contribution is -2.39. The Kier molecular flexibility index (Phi) is 5.75. The number of benzene rings is 1. The van der Waals surface area contributed by atoms with Crippen molar-refractivity contribution in [2.24, 2.45) is 17.2 Å². The molecular formula is C12H17ClN4O2. The molecule has 2 amide bonds. The highest BCUT2D eigenvalue weighted by Gasteiger charge is 2.13. The van der Waals surface area contributed by atoms with Crippen LogP contribution in [0.2, 0.25) is 5.02 Å². The zero-order valence-electron chi connectivity index (χ0n) is 10.4. The topological polar surface area (TPSA) is 115 Å². The van der Waals surface area contributed by atoms with Gasteiger partial charge in [-0.25, -0.2) is 0 Å². The summed E-state index contributed by atoms with van der Waals surface area (Å²) in [4.78, 5) is 23.4. The van der Waals surface area contributed by atoms with E-state index in [4.69, 9.17) is 28.8 Å². The number of carbonyl (C=O) groups excluding carboxylic acids is 2. The largest absolute Gasteiger partial charge is 0.369 e. The van der Waals surface area contributed by atoms with E-state index in [1.165, 1.54) is 4.90 Å². The lowest BCUT2D eigenvalue weighted by Gasteiger charge is -2.19. The number of hydrogen-bond acceptors (Lipinski definition) is 4. The normalized spacial score (nSPS) is 10.7. The minimum Gasteiger partial charge on any atom is -0.369 e. The van der Waals surface area contributed by atoms with Crippen molar-refractivity contribution in [1.29, 1.82) is 0 Å².